The molecule has 1 heterocycles. The lowest BCUT2D eigenvalue weighted by Gasteiger charge is -2.13. The van der Waals surface area contributed by atoms with E-state index in [2.05, 4.69) is 9.69 Å². The number of aliphatic hydroxyl groups is 2. The molecule has 0 bridgehead atoms. The second kappa shape index (κ2) is 6.65. The lowest BCUT2D eigenvalue weighted by atomic mass is 10.2. The van der Waals surface area contributed by atoms with Gasteiger partial charge in [0.1, 0.15) is 18.5 Å². The van der Waals surface area contributed by atoms with Crippen molar-refractivity contribution in [2.24, 2.45) is 0 Å². The van der Waals surface area contributed by atoms with Gasteiger partial charge >= 0.3 is 0 Å². The van der Waals surface area contributed by atoms with E-state index in [0.29, 0.717) is 13.1 Å². The van der Waals surface area contributed by atoms with Gasteiger partial charge in [-0.25, -0.2) is 0 Å². The minimum Gasteiger partial charge on any atom is -0.490 e. The number of nitrogens with one attached hydrogen (secondary N) is 1. The van der Waals surface area contributed by atoms with Crippen LogP contribution in [-0.2, 0) is 0 Å². The van der Waals surface area contributed by atoms with Crippen LogP contribution in [0.1, 0.15) is 0 Å². The van der Waals surface area contributed by atoms with Gasteiger partial charge in [0.05, 0.1) is 22.9 Å². The number of rotatable bonds is 7. The number of ether oxygens (including phenoxy) is 1. The van der Waals surface area contributed by atoms with Crippen molar-refractivity contribution in [2.45, 2.75) is 6.10 Å². The summed E-state index contributed by atoms with van der Waals surface area (Å²) in [4.78, 5) is 0. The SMILES string of the molecule is OCCNCC(O)COc1cccc2sncc12. The van der Waals surface area contributed by atoms with E-state index in [1.807, 2.05) is 18.2 Å². The van der Waals surface area contributed by atoms with E-state index in [-0.39, 0.29) is 13.2 Å². The third kappa shape index (κ3) is 3.39. The summed E-state index contributed by atoms with van der Waals surface area (Å²) in [5.41, 5.74) is 0. The summed E-state index contributed by atoms with van der Waals surface area (Å²) in [5.74, 6) is 0.738. The molecule has 98 valence electrons. The lowest BCUT2D eigenvalue weighted by molar-refractivity contribution is 0.106. The van der Waals surface area contributed by atoms with Crippen molar-refractivity contribution < 1.29 is 14.9 Å². The second-order valence-corrected chi connectivity index (χ2v) is 4.72. The molecule has 1 aromatic carbocycles. The Morgan fingerprint density at radius 2 is 2.33 bits per heavy atom. The van der Waals surface area contributed by atoms with Crippen molar-refractivity contribution in [2.75, 3.05) is 26.3 Å². The van der Waals surface area contributed by atoms with Crippen LogP contribution in [0.5, 0.6) is 5.75 Å². The molecular formula is C12H16N2O3S. The molecule has 6 heteroatoms. The van der Waals surface area contributed by atoms with Crippen LogP contribution in [0.25, 0.3) is 10.1 Å². The van der Waals surface area contributed by atoms with Gasteiger partial charge < -0.3 is 20.3 Å². The van der Waals surface area contributed by atoms with Crippen LogP contribution >= 0.6 is 11.5 Å². The predicted molar refractivity (Wildman–Crippen MR) is 71.1 cm³/mol. The maximum absolute atomic E-state index is 9.68. The minimum atomic E-state index is -0.599. The van der Waals surface area contributed by atoms with Crippen molar-refractivity contribution in [3.63, 3.8) is 0 Å². The molecule has 5 nitrogen and oxygen atoms in total. The van der Waals surface area contributed by atoms with Crippen molar-refractivity contribution in [1.29, 1.82) is 0 Å². The Kier molecular flexibility index (Phi) is 4.89. The van der Waals surface area contributed by atoms with Crippen molar-refractivity contribution in [3.8, 4) is 5.75 Å². The number of nitrogens with zero attached hydrogens (tertiary/aromatic N) is 1. The Labute approximate surface area is 109 Å². The molecule has 0 saturated carbocycles. The molecule has 18 heavy (non-hydrogen) atoms. The Balaban J connectivity index is 1.88. The number of fused-ring (bicyclic) bond motifs is 1. The molecule has 0 amide bonds. The Morgan fingerprint density at radius 3 is 3.17 bits per heavy atom. The normalized spacial score (nSPS) is 12.8. The highest BCUT2D eigenvalue weighted by atomic mass is 32.1. The highest BCUT2D eigenvalue weighted by Crippen LogP contribution is 2.27. The second-order valence-electron chi connectivity index (χ2n) is 3.89. The fourth-order valence-electron chi connectivity index (χ4n) is 1.59. The fourth-order valence-corrected chi connectivity index (χ4v) is 2.25. The number of aliphatic hydroxyl groups excluding tert-OH is 2. The lowest BCUT2D eigenvalue weighted by Crippen LogP contribution is -2.32. The van der Waals surface area contributed by atoms with Gasteiger partial charge in [-0.05, 0) is 23.7 Å². The van der Waals surface area contributed by atoms with Crippen LogP contribution in [0.15, 0.2) is 24.4 Å². The first-order chi connectivity index (χ1) is 8.81. The fraction of sp³-hybridized carbons (Fsp3) is 0.417. The summed E-state index contributed by atoms with van der Waals surface area (Å²) >= 11 is 1.42. The first-order valence-electron chi connectivity index (χ1n) is 5.77. The van der Waals surface area contributed by atoms with E-state index in [0.717, 1.165) is 15.8 Å². The maximum Gasteiger partial charge on any atom is 0.129 e. The smallest absolute Gasteiger partial charge is 0.129 e. The number of aromatic nitrogens is 1. The number of benzene rings is 1. The zero-order valence-corrected chi connectivity index (χ0v) is 10.7. The average molecular weight is 268 g/mol. The van der Waals surface area contributed by atoms with E-state index in [9.17, 15) is 5.11 Å². The summed E-state index contributed by atoms with van der Waals surface area (Å²) in [6.07, 6.45) is 1.17. The van der Waals surface area contributed by atoms with Crippen LogP contribution in [0, 0.1) is 0 Å². The average Bonchev–Trinajstić information content (AvgIpc) is 2.85. The summed E-state index contributed by atoms with van der Waals surface area (Å²) < 4.78 is 10.8. The third-order valence-corrected chi connectivity index (χ3v) is 3.22. The summed E-state index contributed by atoms with van der Waals surface area (Å²) in [6.45, 7) is 1.15. The minimum absolute atomic E-state index is 0.0630. The monoisotopic (exact) mass is 268 g/mol. The Bertz CT molecular complexity index is 489. The third-order valence-electron chi connectivity index (χ3n) is 2.46. The molecular weight excluding hydrogens is 252 g/mol. The first-order valence-corrected chi connectivity index (χ1v) is 6.54. The molecule has 1 unspecified atom stereocenters. The topological polar surface area (TPSA) is 74.6 Å². The molecule has 1 aromatic heterocycles. The van der Waals surface area contributed by atoms with Gasteiger partial charge in [0.25, 0.3) is 0 Å². The first kappa shape index (κ1) is 13.2. The van der Waals surface area contributed by atoms with Crippen LogP contribution in [0.2, 0.25) is 0 Å². The van der Waals surface area contributed by atoms with E-state index in [1.165, 1.54) is 11.5 Å². The molecule has 0 aliphatic rings. The quantitative estimate of drug-likeness (QED) is 0.642. The van der Waals surface area contributed by atoms with Crippen molar-refractivity contribution in [3.05, 3.63) is 24.4 Å². The Hall–Kier alpha value is -1.21. The standard InChI is InChI=1S/C12H16N2O3S/c15-5-4-13-6-9(16)8-17-11-2-1-3-12-10(11)7-14-18-12/h1-3,7,9,13,15-16H,4-6,8H2. The largest absolute Gasteiger partial charge is 0.490 e. The molecule has 0 saturated heterocycles. The molecule has 0 aliphatic carbocycles. The zero-order valence-electron chi connectivity index (χ0n) is 9.87. The van der Waals surface area contributed by atoms with E-state index in [4.69, 9.17) is 9.84 Å². The van der Waals surface area contributed by atoms with Gasteiger partial charge in [0.2, 0.25) is 0 Å². The van der Waals surface area contributed by atoms with Gasteiger partial charge in [-0.3, -0.25) is 0 Å². The van der Waals surface area contributed by atoms with Crippen LogP contribution in [0.3, 0.4) is 0 Å². The highest BCUT2D eigenvalue weighted by molar-refractivity contribution is 7.13. The zero-order chi connectivity index (χ0) is 12.8. The molecule has 2 aromatic rings. The summed E-state index contributed by atoms with van der Waals surface area (Å²) in [7, 11) is 0. The molecule has 3 N–H and O–H groups in total. The molecule has 1 atom stereocenters. The molecule has 0 spiro atoms. The van der Waals surface area contributed by atoms with E-state index < -0.39 is 6.10 Å². The number of hydrogen-bond acceptors (Lipinski definition) is 6. The van der Waals surface area contributed by atoms with Crippen LogP contribution in [0.4, 0.5) is 0 Å². The van der Waals surface area contributed by atoms with Crippen molar-refractivity contribution in [1.82, 2.24) is 9.69 Å². The predicted octanol–water partition coefficient (Wildman–Crippen LogP) is 0.618. The van der Waals surface area contributed by atoms with Crippen LogP contribution < -0.4 is 10.1 Å². The molecule has 0 fully saturated rings. The summed E-state index contributed by atoms with van der Waals surface area (Å²) in [6, 6.07) is 5.76. The van der Waals surface area contributed by atoms with Crippen molar-refractivity contribution >= 4 is 21.6 Å². The van der Waals surface area contributed by atoms with Crippen LogP contribution in [-0.4, -0.2) is 47.0 Å². The van der Waals surface area contributed by atoms with Gasteiger partial charge in [-0.2, -0.15) is 4.37 Å². The van der Waals surface area contributed by atoms with Gasteiger partial charge in [-0.1, -0.05) is 6.07 Å². The number of hydrogen-bond donors (Lipinski definition) is 3. The Morgan fingerprint density at radius 1 is 1.44 bits per heavy atom. The van der Waals surface area contributed by atoms with E-state index in [1.54, 1.807) is 6.20 Å². The maximum atomic E-state index is 9.68. The van der Waals surface area contributed by atoms with E-state index >= 15 is 0 Å². The molecule has 2 rings (SSSR count). The molecule has 0 radical (unpaired) electrons. The van der Waals surface area contributed by atoms with Gasteiger partial charge in [-0.15, -0.1) is 0 Å². The van der Waals surface area contributed by atoms with Gasteiger partial charge in [0, 0.05) is 13.1 Å². The highest BCUT2D eigenvalue weighted by Gasteiger charge is 2.07. The summed E-state index contributed by atoms with van der Waals surface area (Å²) in [5, 5.41) is 22.2. The van der Waals surface area contributed by atoms with Gasteiger partial charge in [0.15, 0.2) is 0 Å². The molecule has 0 aliphatic heterocycles.